The van der Waals surface area contributed by atoms with Gasteiger partial charge in [0.1, 0.15) is 0 Å². The third-order valence-electron chi connectivity index (χ3n) is 2.58. The van der Waals surface area contributed by atoms with Crippen molar-refractivity contribution in [3.8, 4) is 11.3 Å². The van der Waals surface area contributed by atoms with Gasteiger partial charge in [0.05, 0.1) is 0 Å². The number of hydrogen-bond acceptors (Lipinski definition) is 1. The molecule has 0 aliphatic rings. The number of nitrogens with zero attached hydrogens (tertiary/aromatic N) is 1. The molecule has 1 N–H and O–H groups in total. The van der Waals surface area contributed by atoms with Crippen LogP contribution in [-0.2, 0) is 0 Å². The van der Waals surface area contributed by atoms with Gasteiger partial charge in [-0.3, -0.25) is 4.98 Å². The summed E-state index contributed by atoms with van der Waals surface area (Å²) in [6.07, 6.45) is 3.67. The topological polar surface area (TPSA) is 28.7 Å². The predicted molar refractivity (Wildman–Crippen MR) is 69.2 cm³/mol. The lowest BCUT2D eigenvalue weighted by atomic mass is 10.1. The first kappa shape index (κ1) is 9.60. The van der Waals surface area contributed by atoms with E-state index in [2.05, 4.69) is 44.1 Å². The van der Waals surface area contributed by atoms with Crippen molar-refractivity contribution in [2.24, 2.45) is 0 Å². The normalized spacial score (nSPS) is 10.8. The summed E-state index contributed by atoms with van der Waals surface area (Å²) in [5.41, 5.74) is 3.42. The number of nitrogens with one attached hydrogen (secondary N) is 1. The summed E-state index contributed by atoms with van der Waals surface area (Å²) in [6.45, 7) is 0. The Morgan fingerprint density at radius 2 is 1.88 bits per heavy atom. The molecule has 78 valence electrons. The highest BCUT2D eigenvalue weighted by Crippen LogP contribution is 2.24. The predicted octanol–water partition coefficient (Wildman–Crippen LogP) is 3.99. The average Bonchev–Trinajstić information content (AvgIpc) is 2.73. The molecule has 0 atom stereocenters. The molecule has 16 heavy (non-hydrogen) atoms. The Morgan fingerprint density at radius 1 is 1.06 bits per heavy atom. The van der Waals surface area contributed by atoms with Crippen LogP contribution in [0.4, 0.5) is 0 Å². The van der Waals surface area contributed by atoms with Gasteiger partial charge in [0.25, 0.3) is 0 Å². The Hall–Kier alpha value is -1.61. The molecule has 3 rings (SSSR count). The van der Waals surface area contributed by atoms with Gasteiger partial charge in [-0.2, -0.15) is 0 Å². The summed E-state index contributed by atoms with van der Waals surface area (Å²) < 4.78 is 1.09. The van der Waals surface area contributed by atoms with Gasteiger partial charge in [-0.1, -0.05) is 28.1 Å². The first-order valence-corrected chi connectivity index (χ1v) is 5.81. The van der Waals surface area contributed by atoms with E-state index in [1.165, 1.54) is 5.56 Å². The fraction of sp³-hybridized carbons (Fsp3) is 0. The summed E-state index contributed by atoms with van der Waals surface area (Å²) in [7, 11) is 0. The van der Waals surface area contributed by atoms with Crippen molar-refractivity contribution in [1.82, 2.24) is 9.97 Å². The van der Waals surface area contributed by atoms with Gasteiger partial charge >= 0.3 is 0 Å². The molecule has 0 saturated carbocycles. The molecule has 1 aromatic carbocycles. The van der Waals surface area contributed by atoms with Crippen LogP contribution >= 0.6 is 15.9 Å². The maximum atomic E-state index is 4.11. The first-order chi connectivity index (χ1) is 7.83. The number of benzene rings is 1. The monoisotopic (exact) mass is 272 g/mol. The fourth-order valence-electron chi connectivity index (χ4n) is 1.76. The zero-order valence-electron chi connectivity index (χ0n) is 8.44. The molecule has 2 aromatic heterocycles. The summed E-state index contributed by atoms with van der Waals surface area (Å²) in [4.78, 5) is 7.48. The van der Waals surface area contributed by atoms with E-state index in [9.17, 15) is 0 Å². The summed E-state index contributed by atoms with van der Waals surface area (Å²) in [6, 6.07) is 12.4. The van der Waals surface area contributed by atoms with Gasteiger partial charge in [0, 0.05) is 33.5 Å². The summed E-state index contributed by atoms with van der Waals surface area (Å²) >= 11 is 3.43. The maximum absolute atomic E-state index is 4.11. The van der Waals surface area contributed by atoms with Crippen molar-refractivity contribution >= 4 is 26.8 Å². The molecule has 3 aromatic rings. The second-order valence-electron chi connectivity index (χ2n) is 3.65. The number of aromatic amines is 1. The van der Waals surface area contributed by atoms with Gasteiger partial charge < -0.3 is 4.98 Å². The van der Waals surface area contributed by atoms with Crippen LogP contribution in [0.5, 0.6) is 0 Å². The van der Waals surface area contributed by atoms with Crippen LogP contribution in [0.15, 0.2) is 53.3 Å². The van der Waals surface area contributed by atoms with Crippen molar-refractivity contribution in [2.75, 3.05) is 0 Å². The van der Waals surface area contributed by atoms with Crippen LogP contribution in [0, 0.1) is 0 Å². The van der Waals surface area contributed by atoms with E-state index in [0.717, 1.165) is 21.1 Å². The number of halogens is 1. The Bertz CT molecular complexity index is 593. The minimum absolute atomic E-state index is 1.09. The molecule has 2 nitrogen and oxygen atoms in total. The lowest BCUT2D eigenvalue weighted by Crippen LogP contribution is -1.75. The number of pyridine rings is 1. The quantitative estimate of drug-likeness (QED) is 0.713. The zero-order valence-corrected chi connectivity index (χ0v) is 10.0. The van der Waals surface area contributed by atoms with Crippen LogP contribution in [0.1, 0.15) is 0 Å². The SMILES string of the molecule is Brc1ccc(-c2cc3cnccc3[nH]2)cc1. The van der Waals surface area contributed by atoms with Crippen LogP contribution in [0.3, 0.4) is 0 Å². The lowest BCUT2D eigenvalue weighted by Gasteiger charge is -1.97. The highest BCUT2D eigenvalue weighted by molar-refractivity contribution is 9.10. The smallest absolute Gasteiger partial charge is 0.0489 e. The third kappa shape index (κ3) is 1.63. The number of H-pyrrole nitrogens is 1. The lowest BCUT2D eigenvalue weighted by molar-refractivity contribution is 1.36. The highest BCUT2D eigenvalue weighted by Gasteiger charge is 2.02. The van der Waals surface area contributed by atoms with Gasteiger partial charge in [-0.25, -0.2) is 0 Å². The standard InChI is InChI=1S/C13H9BrN2/c14-11-3-1-9(2-4-11)13-7-10-8-15-6-5-12(10)16-13/h1-8,16H. The fourth-order valence-corrected chi connectivity index (χ4v) is 2.02. The van der Waals surface area contributed by atoms with E-state index >= 15 is 0 Å². The average molecular weight is 273 g/mol. The van der Waals surface area contributed by atoms with E-state index in [1.54, 1.807) is 6.20 Å². The van der Waals surface area contributed by atoms with Crippen LogP contribution < -0.4 is 0 Å². The van der Waals surface area contributed by atoms with Crippen molar-refractivity contribution in [3.63, 3.8) is 0 Å². The second kappa shape index (κ2) is 3.76. The molecular weight excluding hydrogens is 264 g/mol. The van der Waals surface area contributed by atoms with Crippen LogP contribution in [-0.4, -0.2) is 9.97 Å². The number of fused-ring (bicyclic) bond motifs is 1. The number of rotatable bonds is 1. The van der Waals surface area contributed by atoms with E-state index in [4.69, 9.17) is 0 Å². The Labute approximate surface area is 101 Å². The van der Waals surface area contributed by atoms with E-state index in [-0.39, 0.29) is 0 Å². The molecule has 2 heterocycles. The van der Waals surface area contributed by atoms with Crippen molar-refractivity contribution in [2.45, 2.75) is 0 Å². The molecule has 3 heteroatoms. The second-order valence-corrected chi connectivity index (χ2v) is 4.57. The van der Waals surface area contributed by atoms with Crippen LogP contribution in [0.2, 0.25) is 0 Å². The molecule has 0 bridgehead atoms. The third-order valence-corrected chi connectivity index (χ3v) is 3.10. The van der Waals surface area contributed by atoms with Gasteiger partial charge in [-0.15, -0.1) is 0 Å². The minimum Gasteiger partial charge on any atom is -0.354 e. The van der Waals surface area contributed by atoms with E-state index in [0.29, 0.717) is 0 Å². The number of hydrogen-bond donors (Lipinski definition) is 1. The van der Waals surface area contributed by atoms with Crippen LogP contribution in [0.25, 0.3) is 22.2 Å². The molecular formula is C13H9BrN2. The van der Waals surface area contributed by atoms with Crippen molar-refractivity contribution < 1.29 is 0 Å². The zero-order chi connectivity index (χ0) is 11.0. The molecule has 0 aliphatic heterocycles. The van der Waals surface area contributed by atoms with Crippen molar-refractivity contribution in [3.05, 3.63) is 53.3 Å². The molecule has 0 amide bonds. The largest absolute Gasteiger partial charge is 0.354 e. The Morgan fingerprint density at radius 3 is 2.62 bits per heavy atom. The van der Waals surface area contributed by atoms with Crippen molar-refractivity contribution in [1.29, 1.82) is 0 Å². The highest BCUT2D eigenvalue weighted by atomic mass is 79.9. The minimum atomic E-state index is 1.09. The molecule has 0 spiro atoms. The van der Waals surface area contributed by atoms with E-state index in [1.807, 2.05) is 24.4 Å². The molecule has 0 unspecified atom stereocenters. The van der Waals surface area contributed by atoms with E-state index < -0.39 is 0 Å². The van der Waals surface area contributed by atoms with Gasteiger partial charge in [0.15, 0.2) is 0 Å². The Balaban J connectivity index is 2.15. The molecule has 0 saturated heterocycles. The summed E-state index contributed by atoms with van der Waals surface area (Å²) in [5.74, 6) is 0. The molecule has 0 fully saturated rings. The van der Waals surface area contributed by atoms with Gasteiger partial charge in [0.2, 0.25) is 0 Å². The first-order valence-electron chi connectivity index (χ1n) is 5.01. The molecule has 0 aliphatic carbocycles. The summed E-state index contributed by atoms with van der Waals surface area (Å²) in [5, 5.41) is 1.14. The maximum Gasteiger partial charge on any atom is 0.0489 e. The molecule has 0 radical (unpaired) electrons. The Kier molecular flexibility index (Phi) is 2.26. The van der Waals surface area contributed by atoms with Gasteiger partial charge in [-0.05, 0) is 29.8 Å². The number of aromatic nitrogens is 2.